The lowest BCUT2D eigenvalue weighted by molar-refractivity contribution is -0.121. The summed E-state index contributed by atoms with van der Waals surface area (Å²) in [6, 6.07) is 6.45. The molecule has 1 aromatic carbocycles. The molecular weight excluding hydrogens is 418 g/mol. The number of aromatic amines is 2. The number of hydrogen-bond donors (Lipinski definition) is 3. The number of hydrogen-bond acceptors (Lipinski definition) is 3. The van der Waals surface area contributed by atoms with Crippen molar-refractivity contribution in [1.82, 2.24) is 25.5 Å². The number of nitrogens with zero attached hydrogens (tertiary/aromatic N) is 2. The van der Waals surface area contributed by atoms with Gasteiger partial charge in [-0.3, -0.25) is 9.89 Å². The van der Waals surface area contributed by atoms with Crippen molar-refractivity contribution in [3.63, 3.8) is 0 Å². The van der Waals surface area contributed by atoms with E-state index >= 15 is 0 Å². The van der Waals surface area contributed by atoms with Crippen LogP contribution in [-0.4, -0.2) is 38.0 Å². The van der Waals surface area contributed by atoms with Crippen molar-refractivity contribution in [3.8, 4) is 0 Å². The van der Waals surface area contributed by atoms with Gasteiger partial charge in [0.2, 0.25) is 5.91 Å². The molecule has 0 spiro atoms. The lowest BCUT2D eigenvalue weighted by Crippen LogP contribution is -2.24. The predicted molar refractivity (Wildman–Crippen MR) is 131 cm³/mol. The highest BCUT2D eigenvalue weighted by molar-refractivity contribution is 8.17. The zero-order valence-electron chi connectivity index (χ0n) is 17.9. The normalized spacial score (nSPS) is 19.8. The van der Waals surface area contributed by atoms with Crippen LogP contribution in [0.2, 0.25) is 0 Å². The van der Waals surface area contributed by atoms with E-state index in [0.717, 1.165) is 48.6 Å². The van der Waals surface area contributed by atoms with Gasteiger partial charge in [0, 0.05) is 36.5 Å². The lowest BCUT2D eigenvalue weighted by atomic mass is 9.94. The van der Waals surface area contributed by atoms with E-state index in [0.29, 0.717) is 13.0 Å². The first-order chi connectivity index (χ1) is 15.8. The first-order valence-corrected chi connectivity index (χ1v) is 12.5. The third-order valence-corrected chi connectivity index (χ3v) is 7.46. The molecule has 6 nitrogen and oxygen atoms in total. The summed E-state index contributed by atoms with van der Waals surface area (Å²) in [5.41, 5.74) is 4.89. The smallest absolute Gasteiger partial charge is 0.220 e. The molecule has 1 unspecified atom stereocenters. The van der Waals surface area contributed by atoms with Crippen LogP contribution >= 0.6 is 10.5 Å². The molecule has 3 aromatic rings. The number of benzene rings is 1. The van der Waals surface area contributed by atoms with E-state index in [1.54, 1.807) is 0 Å². The Morgan fingerprint density at radius 2 is 1.97 bits per heavy atom. The maximum absolute atomic E-state index is 12.5. The predicted octanol–water partition coefficient (Wildman–Crippen LogP) is 4.35. The van der Waals surface area contributed by atoms with E-state index in [-0.39, 0.29) is 16.4 Å². The van der Waals surface area contributed by atoms with Gasteiger partial charge in [-0.05, 0) is 65.3 Å². The van der Waals surface area contributed by atoms with Gasteiger partial charge in [-0.1, -0.05) is 40.9 Å². The minimum atomic E-state index is -0.218. The molecule has 1 amide bonds. The first-order valence-electron chi connectivity index (χ1n) is 11.1. The number of rotatable bonds is 0. The summed E-state index contributed by atoms with van der Waals surface area (Å²) in [5.74, 6) is 0.956. The summed E-state index contributed by atoms with van der Waals surface area (Å²) in [7, 11) is -0.218. The topological polar surface area (TPSA) is 86.5 Å². The molecule has 0 saturated heterocycles. The average molecular weight is 446 g/mol. The Balaban J connectivity index is 1.49. The van der Waals surface area contributed by atoms with Crippen molar-refractivity contribution in [2.24, 2.45) is 0 Å². The fourth-order valence-corrected chi connectivity index (χ4v) is 5.62. The van der Waals surface area contributed by atoms with E-state index in [9.17, 15) is 4.79 Å². The Hall–Kier alpha value is -3.19. The maximum atomic E-state index is 12.5. The highest BCUT2D eigenvalue weighted by Crippen LogP contribution is 2.30. The molecule has 0 fully saturated rings. The standard InChI is InChI=1S/C25H27N5OS/c31-24-11-9-20-19(8-10-22-21(20)12-14-26-22)16-18-6-5-15-32(17-18)25-28-23(29-30-25)7-3-1-2-4-13-27-24/h1-2,5-6,8,10,12,14-15,17,26H,3-4,7,9,11,13,16H2,(H,27,31)(H,28,29,30). The Bertz CT molecular complexity index is 1260. The number of H-pyrrole nitrogens is 2. The summed E-state index contributed by atoms with van der Waals surface area (Å²) in [5, 5.41) is 17.2. The maximum Gasteiger partial charge on any atom is 0.220 e. The molecule has 2 aliphatic rings. The van der Waals surface area contributed by atoms with E-state index in [1.165, 1.54) is 22.1 Å². The monoisotopic (exact) mass is 445 g/mol. The fourth-order valence-electron chi connectivity index (χ4n) is 4.20. The van der Waals surface area contributed by atoms with E-state index in [4.69, 9.17) is 4.98 Å². The van der Waals surface area contributed by atoms with Crippen LogP contribution in [0.3, 0.4) is 0 Å². The van der Waals surface area contributed by atoms with Crippen molar-refractivity contribution in [2.45, 2.75) is 43.7 Å². The van der Waals surface area contributed by atoms with Crippen LogP contribution in [0.4, 0.5) is 0 Å². The Kier molecular flexibility index (Phi) is 6.16. The van der Waals surface area contributed by atoms with Crippen LogP contribution in [-0.2, 0) is 24.1 Å². The SMILES string of the molecule is O=C1CCc2c(ccc3[nH]ccc23)CC2=CC=CS(=C2)c2nc(n[nH]2)CCC=CCCN1. The van der Waals surface area contributed by atoms with Crippen LogP contribution in [0.1, 0.15) is 36.2 Å². The molecule has 32 heavy (non-hydrogen) atoms. The van der Waals surface area contributed by atoms with Crippen molar-refractivity contribution in [3.05, 3.63) is 76.6 Å². The number of allylic oxidation sites excluding steroid dienone is 4. The number of aryl methyl sites for hydroxylation is 2. The summed E-state index contributed by atoms with van der Waals surface area (Å²) in [6.07, 6.45) is 15.1. The number of aromatic nitrogens is 4. The van der Waals surface area contributed by atoms with Gasteiger partial charge in [-0.15, -0.1) is 0 Å². The molecule has 0 aliphatic carbocycles. The van der Waals surface area contributed by atoms with Crippen LogP contribution < -0.4 is 5.32 Å². The minimum absolute atomic E-state index is 0.107. The van der Waals surface area contributed by atoms with Crippen molar-refractivity contribution < 1.29 is 4.79 Å². The van der Waals surface area contributed by atoms with Crippen molar-refractivity contribution in [1.29, 1.82) is 0 Å². The summed E-state index contributed by atoms with van der Waals surface area (Å²) < 4.78 is 0. The third kappa shape index (κ3) is 4.67. The second-order valence-corrected chi connectivity index (χ2v) is 9.72. The average Bonchev–Trinajstić information content (AvgIpc) is 3.47. The van der Waals surface area contributed by atoms with Crippen molar-refractivity contribution in [2.75, 3.05) is 6.54 Å². The molecule has 4 heterocycles. The molecule has 5 rings (SSSR count). The van der Waals surface area contributed by atoms with Crippen LogP contribution in [0.5, 0.6) is 0 Å². The second-order valence-electron chi connectivity index (χ2n) is 8.08. The minimum Gasteiger partial charge on any atom is -0.361 e. The van der Waals surface area contributed by atoms with E-state index < -0.39 is 0 Å². The molecule has 1 atom stereocenters. The summed E-state index contributed by atoms with van der Waals surface area (Å²) in [6.45, 7) is 0.664. The van der Waals surface area contributed by atoms with Gasteiger partial charge in [0.1, 0.15) is 0 Å². The largest absolute Gasteiger partial charge is 0.361 e. The van der Waals surface area contributed by atoms with Gasteiger partial charge < -0.3 is 10.3 Å². The van der Waals surface area contributed by atoms with Crippen LogP contribution in [0.15, 0.2) is 64.8 Å². The zero-order chi connectivity index (χ0) is 21.8. The Labute approximate surface area is 189 Å². The van der Waals surface area contributed by atoms with E-state index in [2.05, 4.69) is 73.8 Å². The number of carbonyl (C=O) groups is 1. The fraction of sp³-hybridized carbons (Fsp3) is 0.280. The summed E-state index contributed by atoms with van der Waals surface area (Å²) >= 11 is 0. The molecular formula is C25H27N5OS. The number of amides is 1. The van der Waals surface area contributed by atoms with Gasteiger partial charge in [0.15, 0.2) is 11.0 Å². The van der Waals surface area contributed by atoms with Crippen molar-refractivity contribution >= 4 is 32.7 Å². The highest BCUT2D eigenvalue weighted by atomic mass is 32.2. The van der Waals surface area contributed by atoms with Gasteiger partial charge in [-0.25, -0.2) is 4.98 Å². The number of carbonyl (C=O) groups excluding carboxylic acids is 1. The second kappa shape index (κ2) is 9.53. The van der Waals surface area contributed by atoms with E-state index in [1.807, 2.05) is 6.20 Å². The Morgan fingerprint density at radius 3 is 2.94 bits per heavy atom. The molecule has 0 saturated carbocycles. The molecule has 3 N–H and O–H groups in total. The molecule has 4 bridgehead atoms. The molecule has 2 aromatic heterocycles. The lowest BCUT2D eigenvalue weighted by Gasteiger charge is -2.14. The quantitative estimate of drug-likeness (QED) is 0.355. The first kappa shape index (κ1) is 20.7. The van der Waals surface area contributed by atoms with Gasteiger partial charge >= 0.3 is 0 Å². The van der Waals surface area contributed by atoms with Gasteiger partial charge in [0.25, 0.3) is 0 Å². The van der Waals surface area contributed by atoms with Gasteiger partial charge in [-0.2, -0.15) is 5.10 Å². The Morgan fingerprint density at radius 1 is 1.03 bits per heavy atom. The van der Waals surface area contributed by atoms with Crippen LogP contribution in [0, 0.1) is 0 Å². The number of nitrogens with one attached hydrogen (secondary N) is 3. The molecule has 7 heteroatoms. The zero-order valence-corrected chi connectivity index (χ0v) is 18.8. The molecule has 2 aliphatic heterocycles. The van der Waals surface area contributed by atoms with Crippen LogP contribution in [0.25, 0.3) is 10.9 Å². The highest BCUT2D eigenvalue weighted by Gasteiger charge is 2.14. The molecule has 0 radical (unpaired) electrons. The molecule has 164 valence electrons. The summed E-state index contributed by atoms with van der Waals surface area (Å²) in [4.78, 5) is 20.5. The number of fused-ring (bicyclic) bond motifs is 7. The third-order valence-electron chi connectivity index (χ3n) is 5.82. The van der Waals surface area contributed by atoms with Gasteiger partial charge in [0.05, 0.1) is 0 Å².